The second kappa shape index (κ2) is 11.2. The largest absolute Gasteiger partial charge is 0.490 e. The fraction of sp³-hybridized carbons (Fsp3) is 0.238. The number of aryl methyl sites for hydroxylation is 1. The fourth-order valence-corrected chi connectivity index (χ4v) is 3.79. The van der Waals surface area contributed by atoms with E-state index in [4.69, 9.17) is 9.90 Å². The third-order valence-electron chi connectivity index (χ3n) is 4.34. The molecule has 9 nitrogen and oxygen atoms in total. The van der Waals surface area contributed by atoms with Gasteiger partial charge in [-0.1, -0.05) is 12.1 Å². The number of fused-ring (bicyclic) bond motifs is 1. The van der Waals surface area contributed by atoms with Gasteiger partial charge >= 0.3 is 12.1 Å². The van der Waals surface area contributed by atoms with Crippen molar-refractivity contribution in [3.8, 4) is 6.07 Å². The van der Waals surface area contributed by atoms with Crippen LogP contribution in [-0.4, -0.2) is 48.3 Å². The van der Waals surface area contributed by atoms with Crippen molar-refractivity contribution in [2.24, 2.45) is 0 Å². The van der Waals surface area contributed by atoms with Crippen molar-refractivity contribution in [2.45, 2.75) is 25.1 Å². The number of halogens is 3. The van der Waals surface area contributed by atoms with Gasteiger partial charge in [0.25, 0.3) is 0 Å². The number of para-hydroxylation sites is 1. The van der Waals surface area contributed by atoms with Gasteiger partial charge in [-0.25, -0.2) is 24.7 Å². The van der Waals surface area contributed by atoms with Gasteiger partial charge in [0.05, 0.1) is 28.3 Å². The lowest BCUT2D eigenvalue weighted by atomic mass is 10.1. The molecule has 34 heavy (non-hydrogen) atoms. The minimum absolute atomic E-state index is 0.503. The van der Waals surface area contributed by atoms with Crippen LogP contribution in [-0.2, 0) is 11.3 Å². The van der Waals surface area contributed by atoms with Crippen LogP contribution < -0.4 is 5.32 Å². The Morgan fingerprint density at radius 1 is 1.24 bits per heavy atom. The van der Waals surface area contributed by atoms with Crippen molar-refractivity contribution < 1.29 is 23.1 Å². The smallest absolute Gasteiger partial charge is 0.475 e. The highest BCUT2D eigenvalue weighted by Crippen LogP contribution is 2.30. The molecule has 0 spiro atoms. The molecule has 0 saturated heterocycles. The van der Waals surface area contributed by atoms with Crippen molar-refractivity contribution >= 4 is 33.5 Å². The fourth-order valence-electron chi connectivity index (χ4n) is 2.76. The summed E-state index contributed by atoms with van der Waals surface area (Å²) < 4.78 is 34.8. The summed E-state index contributed by atoms with van der Waals surface area (Å²) in [6, 6.07) is 12.0. The number of benzene rings is 1. The third-order valence-corrected chi connectivity index (χ3v) is 5.44. The molecule has 4 rings (SSSR count). The number of carbonyl (C=O) groups is 1. The van der Waals surface area contributed by atoms with Gasteiger partial charge in [0.2, 0.25) is 5.95 Å². The minimum atomic E-state index is -5.08. The second-order valence-electron chi connectivity index (χ2n) is 6.77. The Kier molecular flexibility index (Phi) is 8.10. The maximum atomic E-state index is 10.6. The molecule has 3 aromatic heterocycles. The predicted molar refractivity (Wildman–Crippen MR) is 118 cm³/mol. The number of nitrogens with one attached hydrogen (secondary N) is 1. The first-order valence-corrected chi connectivity index (χ1v) is 10.7. The van der Waals surface area contributed by atoms with Crippen LogP contribution in [0.4, 0.5) is 19.1 Å². The molecule has 4 aromatic rings. The summed E-state index contributed by atoms with van der Waals surface area (Å²) in [5.41, 5.74) is 1.56. The number of hydrogen-bond acceptors (Lipinski definition) is 8. The SMILES string of the molecule is N#CC(c1ccnc(NCCCn2ccnc2)n1)c1nc2ccccc2s1.O=C(O)C(F)(F)F. The normalized spacial score (nSPS) is 11.8. The number of aromatic nitrogens is 5. The van der Waals surface area contributed by atoms with Crippen molar-refractivity contribution in [3.63, 3.8) is 0 Å². The van der Waals surface area contributed by atoms with Gasteiger partial charge < -0.3 is 15.0 Å². The van der Waals surface area contributed by atoms with Crippen LogP contribution in [0.2, 0.25) is 0 Å². The van der Waals surface area contributed by atoms with Gasteiger partial charge in [-0.2, -0.15) is 18.4 Å². The number of rotatable bonds is 7. The molecule has 2 N–H and O–H groups in total. The number of thiazole rings is 1. The number of nitriles is 1. The zero-order valence-corrected chi connectivity index (χ0v) is 18.3. The second-order valence-corrected chi connectivity index (χ2v) is 7.83. The number of nitrogens with zero attached hydrogens (tertiary/aromatic N) is 6. The summed E-state index contributed by atoms with van der Waals surface area (Å²) in [5, 5.41) is 20.8. The molecule has 3 heterocycles. The molecule has 1 aromatic carbocycles. The van der Waals surface area contributed by atoms with Crippen LogP contribution in [0.3, 0.4) is 0 Å². The third kappa shape index (κ3) is 6.72. The predicted octanol–water partition coefficient (Wildman–Crippen LogP) is 4.07. The number of aliphatic carboxylic acids is 1. The van der Waals surface area contributed by atoms with E-state index in [1.807, 2.05) is 35.0 Å². The summed E-state index contributed by atoms with van der Waals surface area (Å²) in [4.78, 5) is 26.3. The topological polar surface area (TPSA) is 130 Å². The molecule has 1 atom stereocenters. The van der Waals surface area contributed by atoms with Gasteiger partial charge in [0, 0.05) is 31.7 Å². The van der Waals surface area contributed by atoms with E-state index in [9.17, 15) is 18.4 Å². The molecular formula is C21H18F3N7O2S. The van der Waals surface area contributed by atoms with Crippen molar-refractivity contribution in [1.82, 2.24) is 24.5 Å². The summed E-state index contributed by atoms with van der Waals surface area (Å²) in [7, 11) is 0. The van der Waals surface area contributed by atoms with E-state index in [1.54, 1.807) is 24.8 Å². The number of hydrogen-bond donors (Lipinski definition) is 2. The lowest BCUT2D eigenvalue weighted by molar-refractivity contribution is -0.192. The zero-order chi connectivity index (χ0) is 24.6. The summed E-state index contributed by atoms with van der Waals surface area (Å²) >= 11 is 1.53. The number of alkyl halides is 3. The Morgan fingerprint density at radius 3 is 2.65 bits per heavy atom. The Bertz CT molecular complexity index is 1240. The van der Waals surface area contributed by atoms with Crippen molar-refractivity contribution in [3.05, 3.63) is 66.0 Å². The Labute approximate surface area is 195 Å². The average molecular weight is 489 g/mol. The molecule has 0 aliphatic carbocycles. The van der Waals surface area contributed by atoms with E-state index in [0.29, 0.717) is 11.6 Å². The molecular weight excluding hydrogens is 471 g/mol. The molecule has 0 bridgehead atoms. The number of carboxylic acid groups (broad SMARTS) is 1. The highest BCUT2D eigenvalue weighted by molar-refractivity contribution is 7.18. The van der Waals surface area contributed by atoms with Crippen molar-refractivity contribution in [2.75, 3.05) is 11.9 Å². The first-order chi connectivity index (χ1) is 16.3. The van der Waals surface area contributed by atoms with Crippen LogP contribution in [0.25, 0.3) is 10.2 Å². The molecule has 0 aliphatic heterocycles. The van der Waals surface area contributed by atoms with Crippen LogP contribution in [0.1, 0.15) is 23.0 Å². The molecule has 0 fully saturated rings. The first-order valence-electron chi connectivity index (χ1n) is 9.85. The van der Waals surface area contributed by atoms with Gasteiger partial charge in [-0.3, -0.25) is 0 Å². The highest BCUT2D eigenvalue weighted by atomic mass is 32.1. The van der Waals surface area contributed by atoms with Crippen LogP contribution in [0.15, 0.2) is 55.2 Å². The van der Waals surface area contributed by atoms with Crippen molar-refractivity contribution in [1.29, 1.82) is 5.26 Å². The lowest BCUT2D eigenvalue weighted by Crippen LogP contribution is -2.21. The van der Waals surface area contributed by atoms with Crippen LogP contribution in [0, 0.1) is 11.3 Å². The molecule has 0 amide bonds. The number of anilines is 1. The monoisotopic (exact) mass is 489 g/mol. The molecule has 13 heteroatoms. The average Bonchev–Trinajstić information content (AvgIpc) is 3.47. The van der Waals surface area contributed by atoms with E-state index in [-0.39, 0.29) is 0 Å². The van der Waals surface area contributed by atoms with Gasteiger partial charge in [-0.05, 0) is 24.6 Å². The van der Waals surface area contributed by atoms with E-state index >= 15 is 0 Å². The zero-order valence-electron chi connectivity index (χ0n) is 17.5. The highest BCUT2D eigenvalue weighted by Gasteiger charge is 2.38. The maximum Gasteiger partial charge on any atom is 0.490 e. The maximum absolute atomic E-state index is 10.6. The van der Waals surface area contributed by atoms with E-state index in [2.05, 4.69) is 31.3 Å². The summed E-state index contributed by atoms with van der Waals surface area (Å²) in [6.45, 7) is 1.61. The molecule has 0 aliphatic rings. The van der Waals surface area contributed by atoms with Gasteiger partial charge in [0.15, 0.2) is 0 Å². The van der Waals surface area contributed by atoms with Crippen LogP contribution in [0.5, 0.6) is 0 Å². The summed E-state index contributed by atoms with van der Waals surface area (Å²) in [6.07, 6.45) is 3.02. The van der Waals surface area contributed by atoms with E-state index in [1.165, 1.54) is 11.3 Å². The standard InChI is InChI=1S/C19H17N7S.C2HF3O2/c20-12-14(18-24-16-4-1-2-5-17(16)27-18)15-6-8-23-19(25-15)22-7-3-10-26-11-9-21-13-26;3-2(4,5)1(6)7/h1-2,4-6,8-9,11,13-14H,3,7,10H2,(H,22,23,25);(H,6,7). The quantitative estimate of drug-likeness (QED) is 0.372. The molecule has 1 unspecified atom stereocenters. The van der Waals surface area contributed by atoms with E-state index in [0.717, 1.165) is 34.7 Å². The molecule has 0 radical (unpaired) electrons. The summed E-state index contributed by atoms with van der Waals surface area (Å²) in [5.74, 6) is -2.73. The lowest BCUT2D eigenvalue weighted by Gasteiger charge is -2.09. The molecule has 0 saturated carbocycles. The van der Waals surface area contributed by atoms with E-state index < -0.39 is 18.1 Å². The Morgan fingerprint density at radius 2 is 2.00 bits per heavy atom. The number of carboxylic acids is 1. The van der Waals surface area contributed by atoms with Gasteiger partial charge in [0.1, 0.15) is 10.9 Å². The van der Waals surface area contributed by atoms with Gasteiger partial charge in [-0.15, -0.1) is 11.3 Å². The molecule has 176 valence electrons. The first kappa shape index (κ1) is 24.6. The van der Waals surface area contributed by atoms with Crippen LogP contribution >= 0.6 is 11.3 Å². The number of imidazole rings is 1. The Hall–Kier alpha value is -4.05. The minimum Gasteiger partial charge on any atom is -0.475 e. The Balaban J connectivity index is 0.000000406.